The molecular weight excluding hydrogens is 302 g/mol. The number of likely N-dealkylation sites (N-methyl/N-ethyl adjacent to an activating group) is 1. The van der Waals surface area contributed by atoms with Gasteiger partial charge in [0.05, 0.1) is 10.5 Å². The van der Waals surface area contributed by atoms with Gasteiger partial charge in [0.2, 0.25) is 15.9 Å². The van der Waals surface area contributed by atoms with Crippen LogP contribution in [0.4, 0.5) is 0 Å². The Kier molecular flexibility index (Phi) is 4.64. The van der Waals surface area contributed by atoms with Crippen molar-refractivity contribution in [2.45, 2.75) is 17.4 Å². The van der Waals surface area contributed by atoms with Crippen molar-refractivity contribution in [3.63, 3.8) is 0 Å². The van der Waals surface area contributed by atoms with Crippen LogP contribution in [0.3, 0.4) is 0 Å². The van der Waals surface area contributed by atoms with Crippen molar-refractivity contribution in [1.82, 2.24) is 9.21 Å². The van der Waals surface area contributed by atoms with E-state index < -0.39 is 16.1 Å². The van der Waals surface area contributed by atoms with Crippen molar-refractivity contribution in [1.29, 1.82) is 5.26 Å². The fourth-order valence-corrected chi connectivity index (χ4v) is 3.99. The maximum absolute atomic E-state index is 12.7. The molecule has 0 radical (unpaired) electrons. The molecule has 0 saturated carbocycles. The zero-order valence-electron chi connectivity index (χ0n) is 12.3. The predicted molar refractivity (Wildman–Crippen MR) is 81.3 cm³/mol. The highest BCUT2D eigenvalue weighted by molar-refractivity contribution is 7.89. The molecule has 1 aromatic rings. The fourth-order valence-electron chi connectivity index (χ4n) is 2.50. The summed E-state index contributed by atoms with van der Waals surface area (Å²) in [5.74, 6) is -0.236. The summed E-state index contributed by atoms with van der Waals surface area (Å²) < 4.78 is 26.4. The second-order valence-electron chi connectivity index (χ2n) is 5.01. The first-order chi connectivity index (χ1) is 10.4. The Hall–Kier alpha value is -2.17. The highest BCUT2D eigenvalue weighted by atomic mass is 32.2. The molecule has 1 aliphatic heterocycles. The number of sulfonamides is 1. The molecule has 1 fully saturated rings. The van der Waals surface area contributed by atoms with E-state index in [4.69, 9.17) is 5.26 Å². The van der Waals surface area contributed by atoms with E-state index in [-0.39, 0.29) is 16.4 Å². The number of nitrogens with zero attached hydrogens (tertiary/aromatic N) is 3. The van der Waals surface area contributed by atoms with Gasteiger partial charge in [0.15, 0.2) is 0 Å². The van der Waals surface area contributed by atoms with Gasteiger partial charge in [-0.3, -0.25) is 4.79 Å². The summed E-state index contributed by atoms with van der Waals surface area (Å²) in [6, 6.07) is 7.12. The van der Waals surface area contributed by atoms with Crippen molar-refractivity contribution >= 4 is 15.9 Å². The van der Waals surface area contributed by atoms with Crippen LogP contribution in [0.5, 0.6) is 0 Å². The summed E-state index contributed by atoms with van der Waals surface area (Å²) in [6.07, 6.45) is 2.04. The Bertz CT molecular complexity index is 737. The number of nitriles is 1. The van der Waals surface area contributed by atoms with E-state index in [1.54, 1.807) is 23.1 Å². The van der Waals surface area contributed by atoms with Crippen LogP contribution in [0.25, 0.3) is 0 Å². The quantitative estimate of drug-likeness (QED) is 0.757. The van der Waals surface area contributed by atoms with Crippen LogP contribution >= 0.6 is 0 Å². The Labute approximate surface area is 130 Å². The van der Waals surface area contributed by atoms with E-state index in [9.17, 15) is 13.2 Å². The van der Waals surface area contributed by atoms with Gasteiger partial charge in [-0.2, -0.15) is 9.57 Å². The van der Waals surface area contributed by atoms with E-state index in [0.717, 1.165) is 4.31 Å². The summed E-state index contributed by atoms with van der Waals surface area (Å²) >= 11 is 0. The highest BCUT2D eigenvalue weighted by Crippen LogP contribution is 2.25. The summed E-state index contributed by atoms with van der Waals surface area (Å²) in [5, 5.41) is 9.07. The number of amides is 1. The zero-order valence-corrected chi connectivity index (χ0v) is 13.1. The van der Waals surface area contributed by atoms with Gasteiger partial charge in [0, 0.05) is 20.1 Å². The molecular formula is C15H17N3O3S. The van der Waals surface area contributed by atoms with Crippen LogP contribution < -0.4 is 0 Å². The summed E-state index contributed by atoms with van der Waals surface area (Å²) in [6.45, 7) is 4.48. The summed E-state index contributed by atoms with van der Waals surface area (Å²) in [5.41, 5.74) is 0.0720. The van der Waals surface area contributed by atoms with Crippen molar-refractivity contribution in [2.24, 2.45) is 0 Å². The van der Waals surface area contributed by atoms with E-state index in [0.29, 0.717) is 19.5 Å². The third-order valence-corrected chi connectivity index (χ3v) is 5.65. The van der Waals surface area contributed by atoms with E-state index in [2.05, 4.69) is 6.58 Å². The molecule has 1 aromatic carbocycles. The summed E-state index contributed by atoms with van der Waals surface area (Å²) in [7, 11) is -2.52. The molecule has 1 saturated heterocycles. The highest BCUT2D eigenvalue weighted by Gasteiger charge is 2.39. The first-order valence-corrected chi connectivity index (χ1v) is 8.24. The Morgan fingerprint density at radius 2 is 2.18 bits per heavy atom. The lowest BCUT2D eigenvalue weighted by atomic mass is 10.2. The van der Waals surface area contributed by atoms with Crippen LogP contribution in [-0.2, 0) is 14.8 Å². The lowest BCUT2D eigenvalue weighted by molar-refractivity contribution is -0.130. The molecule has 22 heavy (non-hydrogen) atoms. The van der Waals surface area contributed by atoms with Crippen LogP contribution in [-0.4, -0.2) is 49.7 Å². The van der Waals surface area contributed by atoms with Gasteiger partial charge in [-0.15, -0.1) is 6.58 Å². The number of carbonyl (C=O) groups excluding carboxylic acids is 1. The molecule has 0 spiro atoms. The normalized spacial score (nSPS) is 18.5. The molecule has 1 amide bonds. The lowest BCUT2D eigenvalue weighted by Crippen LogP contribution is -2.43. The first kappa shape index (κ1) is 16.2. The largest absolute Gasteiger partial charge is 0.338 e. The standard InChI is InChI=1S/C15H17N3O3S/c1-3-9-18-10-8-13(15(18)19)17(2)22(20,21)14-7-5-4-6-12(14)11-16/h3-7,13H,1,8-10H2,2H3/t13-/m0/s1. The molecule has 0 N–H and O–H groups in total. The van der Waals surface area contributed by atoms with Gasteiger partial charge >= 0.3 is 0 Å². The predicted octanol–water partition coefficient (Wildman–Crippen LogP) is 0.966. The number of rotatable bonds is 5. The molecule has 0 unspecified atom stereocenters. The molecule has 0 aromatic heterocycles. The second-order valence-corrected chi connectivity index (χ2v) is 6.97. The molecule has 7 heteroatoms. The van der Waals surface area contributed by atoms with Gasteiger partial charge < -0.3 is 4.90 Å². The molecule has 1 atom stereocenters. The van der Waals surface area contributed by atoms with Crippen molar-refractivity contribution in [3.05, 3.63) is 42.5 Å². The average molecular weight is 319 g/mol. The van der Waals surface area contributed by atoms with E-state index in [1.165, 1.54) is 19.2 Å². The van der Waals surface area contributed by atoms with Gasteiger partial charge in [-0.1, -0.05) is 18.2 Å². The van der Waals surface area contributed by atoms with Crippen LogP contribution in [0.1, 0.15) is 12.0 Å². The SMILES string of the molecule is C=CCN1CC[C@H](N(C)S(=O)(=O)c2ccccc2C#N)C1=O. The van der Waals surface area contributed by atoms with Crippen molar-refractivity contribution < 1.29 is 13.2 Å². The monoisotopic (exact) mass is 319 g/mol. The smallest absolute Gasteiger partial charge is 0.244 e. The topological polar surface area (TPSA) is 81.5 Å². The van der Waals surface area contributed by atoms with Gasteiger partial charge in [-0.05, 0) is 18.6 Å². The second kappa shape index (κ2) is 6.30. The number of carbonyl (C=O) groups is 1. The molecule has 116 valence electrons. The average Bonchev–Trinajstić information content (AvgIpc) is 2.88. The molecule has 0 bridgehead atoms. The molecule has 1 heterocycles. The minimum absolute atomic E-state index is 0.0720. The van der Waals surface area contributed by atoms with Gasteiger partial charge in [0.1, 0.15) is 12.1 Å². The Morgan fingerprint density at radius 3 is 2.82 bits per heavy atom. The molecule has 0 aliphatic carbocycles. The number of hydrogen-bond acceptors (Lipinski definition) is 4. The third kappa shape index (κ3) is 2.75. The zero-order chi connectivity index (χ0) is 16.3. The van der Waals surface area contributed by atoms with Crippen LogP contribution in [0.15, 0.2) is 41.8 Å². The lowest BCUT2D eigenvalue weighted by Gasteiger charge is -2.23. The van der Waals surface area contributed by atoms with Gasteiger partial charge in [0.25, 0.3) is 0 Å². The Morgan fingerprint density at radius 1 is 1.50 bits per heavy atom. The van der Waals surface area contributed by atoms with E-state index >= 15 is 0 Å². The Balaban J connectivity index is 2.33. The number of likely N-dealkylation sites (tertiary alicyclic amines) is 1. The van der Waals surface area contributed by atoms with E-state index in [1.807, 2.05) is 6.07 Å². The fraction of sp³-hybridized carbons (Fsp3) is 0.333. The first-order valence-electron chi connectivity index (χ1n) is 6.80. The number of benzene rings is 1. The van der Waals surface area contributed by atoms with Gasteiger partial charge in [-0.25, -0.2) is 8.42 Å². The van der Waals surface area contributed by atoms with Crippen LogP contribution in [0.2, 0.25) is 0 Å². The van der Waals surface area contributed by atoms with Crippen LogP contribution in [0, 0.1) is 11.3 Å². The summed E-state index contributed by atoms with van der Waals surface area (Å²) in [4.78, 5) is 13.8. The number of hydrogen-bond donors (Lipinski definition) is 0. The molecule has 2 rings (SSSR count). The maximum Gasteiger partial charge on any atom is 0.244 e. The maximum atomic E-state index is 12.7. The molecule has 6 nitrogen and oxygen atoms in total. The van der Waals surface area contributed by atoms with Crippen molar-refractivity contribution in [3.8, 4) is 6.07 Å². The minimum atomic E-state index is -3.90. The third-order valence-electron chi connectivity index (χ3n) is 3.72. The molecule has 1 aliphatic rings. The minimum Gasteiger partial charge on any atom is -0.338 e. The van der Waals surface area contributed by atoms with Crippen molar-refractivity contribution in [2.75, 3.05) is 20.1 Å².